The number of halogens is 1. The molecule has 0 saturated carbocycles. The van der Waals surface area contributed by atoms with Crippen LogP contribution in [0, 0.1) is 11.7 Å². The van der Waals surface area contributed by atoms with E-state index in [2.05, 4.69) is 24.5 Å². The Labute approximate surface area is 119 Å². The quantitative estimate of drug-likeness (QED) is 0.805. The van der Waals surface area contributed by atoms with Gasteiger partial charge >= 0.3 is 0 Å². The Balaban J connectivity index is 2.68. The van der Waals surface area contributed by atoms with Crippen LogP contribution >= 0.6 is 0 Å². The molecule has 1 rings (SSSR count). The molecule has 1 atom stereocenters. The van der Waals surface area contributed by atoms with Crippen LogP contribution in [-0.2, 0) is 11.3 Å². The van der Waals surface area contributed by atoms with E-state index in [-0.39, 0.29) is 11.7 Å². The molecule has 112 valence electrons. The number of amides is 1. The number of likely N-dealkylation sites (N-methyl/N-ethyl adjacent to an activating group) is 1. The molecule has 0 fully saturated rings. The third-order valence-electron chi connectivity index (χ3n) is 2.74. The van der Waals surface area contributed by atoms with Gasteiger partial charge in [0.05, 0.1) is 0 Å². The van der Waals surface area contributed by atoms with Crippen molar-refractivity contribution in [2.24, 2.45) is 5.92 Å². The monoisotopic (exact) mass is 282 g/mol. The van der Waals surface area contributed by atoms with Gasteiger partial charge in [-0.25, -0.2) is 4.39 Å². The molecule has 4 nitrogen and oxygen atoms in total. The molecule has 0 aliphatic carbocycles. The van der Waals surface area contributed by atoms with Gasteiger partial charge in [-0.05, 0) is 37.1 Å². The molecule has 1 unspecified atom stereocenters. The molecule has 20 heavy (non-hydrogen) atoms. The minimum Gasteiger partial charge on any atom is -0.481 e. The number of ether oxygens (including phenoxy) is 1. The Kier molecular flexibility index (Phi) is 6.45. The largest absolute Gasteiger partial charge is 0.481 e. The highest BCUT2D eigenvalue weighted by atomic mass is 19.1. The van der Waals surface area contributed by atoms with Gasteiger partial charge in [-0.3, -0.25) is 4.79 Å². The van der Waals surface area contributed by atoms with Crippen LogP contribution in [0.25, 0.3) is 0 Å². The summed E-state index contributed by atoms with van der Waals surface area (Å²) in [7, 11) is 1.54. The Bertz CT molecular complexity index is 449. The highest BCUT2D eigenvalue weighted by Crippen LogP contribution is 2.18. The average Bonchev–Trinajstić information content (AvgIpc) is 2.36. The van der Waals surface area contributed by atoms with Crippen molar-refractivity contribution in [3.8, 4) is 5.75 Å². The van der Waals surface area contributed by atoms with E-state index in [1.165, 1.54) is 19.2 Å². The van der Waals surface area contributed by atoms with Crippen molar-refractivity contribution < 1.29 is 13.9 Å². The van der Waals surface area contributed by atoms with Crippen molar-refractivity contribution >= 4 is 5.91 Å². The van der Waals surface area contributed by atoms with Gasteiger partial charge in [-0.15, -0.1) is 0 Å². The minimum absolute atomic E-state index is 0.242. The van der Waals surface area contributed by atoms with E-state index in [4.69, 9.17) is 4.74 Å². The van der Waals surface area contributed by atoms with E-state index < -0.39 is 6.10 Å². The van der Waals surface area contributed by atoms with Crippen LogP contribution in [0.3, 0.4) is 0 Å². The molecule has 0 aromatic heterocycles. The van der Waals surface area contributed by atoms with E-state index in [0.29, 0.717) is 18.2 Å². The first-order valence-electron chi connectivity index (χ1n) is 6.80. The van der Waals surface area contributed by atoms with Crippen LogP contribution in [0.1, 0.15) is 26.3 Å². The first-order chi connectivity index (χ1) is 9.42. The third-order valence-corrected chi connectivity index (χ3v) is 2.74. The molecule has 0 aliphatic rings. The predicted molar refractivity (Wildman–Crippen MR) is 77.1 cm³/mol. The summed E-state index contributed by atoms with van der Waals surface area (Å²) < 4.78 is 19.0. The maximum atomic E-state index is 13.5. The van der Waals surface area contributed by atoms with E-state index in [0.717, 1.165) is 12.1 Å². The summed E-state index contributed by atoms with van der Waals surface area (Å²) in [4.78, 5) is 11.4. The van der Waals surface area contributed by atoms with E-state index in [1.807, 2.05) is 0 Å². The number of nitrogens with one attached hydrogen (secondary N) is 2. The summed E-state index contributed by atoms with van der Waals surface area (Å²) in [6, 6.07) is 4.49. The van der Waals surface area contributed by atoms with Gasteiger partial charge in [0, 0.05) is 19.7 Å². The Morgan fingerprint density at radius 1 is 1.30 bits per heavy atom. The summed E-state index contributed by atoms with van der Waals surface area (Å²) in [5, 5.41) is 5.73. The summed E-state index contributed by atoms with van der Waals surface area (Å²) >= 11 is 0. The summed E-state index contributed by atoms with van der Waals surface area (Å²) in [5.74, 6) is 0.289. The molecular weight excluding hydrogens is 259 g/mol. The summed E-state index contributed by atoms with van der Waals surface area (Å²) in [6.07, 6.45) is -0.654. The van der Waals surface area contributed by atoms with Gasteiger partial charge in [0.15, 0.2) is 6.10 Å². The molecule has 2 N–H and O–H groups in total. The second-order valence-corrected chi connectivity index (χ2v) is 5.19. The molecule has 1 aromatic rings. The van der Waals surface area contributed by atoms with Crippen LogP contribution in [0.15, 0.2) is 18.2 Å². The molecule has 0 radical (unpaired) electrons. The highest BCUT2D eigenvalue weighted by Gasteiger charge is 2.13. The maximum Gasteiger partial charge on any atom is 0.260 e. The fourth-order valence-corrected chi connectivity index (χ4v) is 1.76. The first-order valence-corrected chi connectivity index (χ1v) is 6.80. The van der Waals surface area contributed by atoms with Gasteiger partial charge in [0.2, 0.25) is 0 Å². The Morgan fingerprint density at radius 2 is 2.00 bits per heavy atom. The molecule has 0 aliphatic heterocycles. The average molecular weight is 282 g/mol. The molecule has 5 heteroatoms. The SMILES string of the molecule is CNC(=O)C(C)Oc1cc(F)cc(CNCC(C)C)c1. The minimum atomic E-state index is -0.654. The number of benzene rings is 1. The Hall–Kier alpha value is -1.62. The van der Waals surface area contributed by atoms with Gasteiger partial charge in [0.25, 0.3) is 5.91 Å². The number of hydrogen-bond acceptors (Lipinski definition) is 3. The van der Waals surface area contributed by atoms with Crippen molar-refractivity contribution in [1.29, 1.82) is 0 Å². The zero-order chi connectivity index (χ0) is 15.1. The fourth-order valence-electron chi connectivity index (χ4n) is 1.76. The van der Waals surface area contributed by atoms with Crippen molar-refractivity contribution in [3.05, 3.63) is 29.6 Å². The maximum absolute atomic E-state index is 13.5. The van der Waals surface area contributed by atoms with Gasteiger partial charge in [-0.1, -0.05) is 13.8 Å². The summed E-state index contributed by atoms with van der Waals surface area (Å²) in [5.41, 5.74) is 0.796. The number of carbonyl (C=O) groups is 1. The lowest BCUT2D eigenvalue weighted by Crippen LogP contribution is -2.33. The Morgan fingerprint density at radius 3 is 2.60 bits per heavy atom. The van der Waals surface area contributed by atoms with Gasteiger partial charge in [0.1, 0.15) is 11.6 Å². The zero-order valence-electron chi connectivity index (χ0n) is 12.5. The van der Waals surface area contributed by atoms with E-state index in [1.54, 1.807) is 13.0 Å². The van der Waals surface area contributed by atoms with E-state index >= 15 is 0 Å². The van der Waals surface area contributed by atoms with Crippen molar-refractivity contribution in [3.63, 3.8) is 0 Å². The normalized spacial score (nSPS) is 12.3. The predicted octanol–water partition coefficient (Wildman–Crippen LogP) is 2.08. The van der Waals surface area contributed by atoms with Crippen LogP contribution in [0.4, 0.5) is 4.39 Å². The van der Waals surface area contributed by atoms with Crippen LogP contribution in [-0.4, -0.2) is 25.6 Å². The van der Waals surface area contributed by atoms with Gasteiger partial charge < -0.3 is 15.4 Å². The van der Waals surface area contributed by atoms with Crippen molar-refractivity contribution in [1.82, 2.24) is 10.6 Å². The first kappa shape index (κ1) is 16.4. The van der Waals surface area contributed by atoms with Crippen LogP contribution in [0.5, 0.6) is 5.75 Å². The van der Waals surface area contributed by atoms with Crippen molar-refractivity contribution in [2.45, 2.75) is 33.4 Å². The second kappa shape index (κ2) is 7.85. The molecule has 0 saturated heterocycles. The fraction of sp³-hybridized carbons (Fsp3) is 0.533. The van der Waals surface area contributed by atoms with Crippen LogP contribution < -0.4 is 15.4 Å². The van der Waals surface area contributed by atoms with Crippen LogP contribution in [0.2, 0.25) is 0 Å². The molecule has 0 heterocycles. The van der Waals surface area contributed by atoms with Gasteiger partial charge in [-0.2, -0.15) is 0 Å². The van der Waals surface area contributed by atoms with Crippen molar-refractivity contribution in [2.75, 3.05) is 13.6 Å². The second-order valence-electron chi connectivity index (χ2n) is 5.19. The number of rotatable bonds is 7. The highest BCUT2D eigenvalue weighted by molar-refractivity contribution is 5.80. The molecule has 1 aromatic carbocycles. The zero-order valence-corrected chi connectivity index (χ0v) is 12.5. The number of hydrogen-bond donors (Lipinski definition) is 2. The smallest absolute Gasteiger partial charge is 0.260 e. The topological polar surface area (TPSA) is 50.4 Å². The van der Waals surface area contributed by atoms with E-state index in [9.17, 15) is 9.18 Å². The third kappa shape index (κ3) is 5.57. The lowest BCUT2D eigenvalue weighted by atomic mass is 10.2. The summed E-state index contributed by atoms with van der Waals surface area (Å²) in [6.45, 7) is 7.28. The number of carbonyl (C=O) groups excluding carboxylic acids is 1. The molecule has 0 spiro atoms. The molecule has 0 bridgehead atoms. The lowest BCUT2D eigenvalue weighted by Gasteiger charge is -2.14. The standard InChI is InChI=1S/C15H23FN2O2/c1-10(2)8-18-9-12-5-13(16)7-14(6-12)20-11(3)15(19)17-4/h5-7,10-11,18H,8-9H2,1-4H3,(H,17,19). The lowest BCUT2D eigenvalue weighted by molar-refractivity contribution is -0.126. The molecule has 1 amide bonds. The molecular formula is C15H23FN2O2.